The van der Waals surface area contributed by atoms with Gasteiger partial charge in [-0.05, 0) is 6.92 Å². The highest BCUT2D eigenvalue weighted by Crippen LogP contribution is 1.88. The normalized spacial score (nSPS) is 13.2. The van der Waals surface area contributed by atoms with E-state index >= 15 is 0 Å². The molecule has 0 fully saturated rings. The van der Waals surface area contributed by atoms with Gasteiger partial charge in [0, 0.05) is 31.5 Å². The number of aromatic nitrogens is 2. The van der Waals surface area contributed by atoms with Crippen molar-refractivity contribution >= 4 is 0 Å². The molecule has 1 heterocycles. The lowest BCUT2D eigenvalue weighted by atomic mass is 10.3. The van der Waals surface area contributed by atoms with E-state index in [4.69, 9.17) is 5.11 Å². The van der Waals surface area contributed by atoms with E-state index in [-0.39, 0.29) is 12.6 Å². The number of aliphatic hydroxyl groups is 1. The van der Waals surface area contributed by atoms with Crippen LogP contribution < -0.4 is 5.32 Å². The van der Waals surface area contributed by atoms with Crippen LogP contribution in [0.3, 0.4) is 0 Å². The van der Waals surface area contributed by atoms with E-state index in [1.54, 1.807) is 12.5 Å². The molecule has 1 aromatic heterocycles. The maximum absolute atomic E-state index is 8.69. The predicted molar refractivity (Wildman–Crippen MR) is 46.2 cm³/mol. The average Bonchev–Trinajstić information content (AvgIpc) is 2.57. The lowest BCUT2D eigenvalue weighted by Gasteiger charge is -2.09. The van der Waals surface area contributed by atoms with Crippen molar-refractivity contribution < 1.29 is 5.11 Å². The first-order chi connectivity index (χ1) is 5.83. The van der Waals surface area contributed by atoms with E-state index in [1.807, 2.05) is 24.2 Å². The highest BCUT2D eigenvalue weighted by atomic mass is 16.3. The summed E-state index contributed by atoms with van der Waals surface area (Å²) in [5.74, 6) is 0. The molecule has 67 valence electrons. The van der Waals surface area contributed by atoms with Gasteiger partial charge < -0.3 is 15.0 Å². The molecule has 1 unspecified atom stereocenters. The number of imidazole rings is 1. The molecule has 0 aliphatic heterocycles. The van der Waals surface area contributed by atoms with Crippen LogP contribution in [0.15, 0.2) is 18.7 Å². The largest absolute Gasteiger partial charge is 0.395 e. The second kappa shape index (κ2) is 4.90. The number of nitrogens with one attached hydrogen (secondary N) is 1. The molecule has 4 heteroatoms. The standard InChI is InChI=1S/C8H14N3O/c1-8(6-12)10-3-5-11-4-2-9-7-11/h2-4,7-8,10,12H,5-6H2,1H3. The highest BCUT2D eigenvalue weighted by Gasteiger charge is 1.97. The van der Waals surface area contributed by atoms with Crippen molar-refractivity contribution in [3.8, 4) is 0 Å². The van der Waals surface area contributed by atoms with Crippen molar-refractivity contribution in [1.82, 2.24) is 14.9 Å². The van der Waals surface area contributed by atoms with Gasteiger partial charge in [-0.3, -0.25) is 0 Å². The summed E-state index contributed by atoms with van der Waals surface area (Å²) >= 11 is 0. The minimum absolute atomic E-state index is 0.119. The van der Waals surface area contributed by atoms with E-state index < -0.39 is 0 Å². The molecule has 0 aliphatic carbocycles. The Labute approximate surface area is 72.2 Å². The molecule has 4 nitrogen and oxygen atoms in total. The first-order valence-corrected chi connectivity index (χ1v) is 3.97. The minimum Gasteiger partial charge on any atom is -0.395 e. The molecule has 1 atom stereocenters. The Kier molecular flexibility index (Phi) is 3.76. The quantitative estimate of drug-likeness (QED) is 0.651. The van der Waals surface area contributed by atoms with Crippen LogP contribution in [0.2, 0.25) is 0 Å². The van der Waals surface area contributed by atoms with Gasteiger partial charge in [-0.2, -0.15) is 0 Å². The van der Waals surface area contributed by atoms with E-state index in [2.05, 4.69) is 10.3 Å². The second-order valence-corrected chi connectivity index (χ2v) is 2.71. The summed E-state index contributed by atoms with van der Waals surface area (Å²) in [4.78, 5) is 3.91. The van der Waals surface area contributed by atoms with E-state index in [0.29, 0.717) is 0 Å². The Balaban J connectivity index is 2.11. The number of hydrogen-bond acceptors (Lipinski definition) is 3. The van der Waals surface area contributed by atoms with Gasteiger partial charge in [0.05, 0.1) is 12.9 Å². The number of rotatable bonds is 5. The molecular formula is C8H14N3O. The van der Waals surface area contributed by atoms with Crippen LogP contribution in [0.25, 0.3) is 0 Å². The van der Waals surface area contributed by atoms with Crippen molar-refractivity contribution in [2.24, 2.45) is 0 Å². The summed E-state index contributed by atoms with van der Waals surface area (Å²) in [5.41, 5.74) is 0. The Hall–Kier alpha value is -0.870. The lowest BCUT2D eigenvalue weighted by molar-refractivity contribution is 0.256. The smallest absolute Gasteiger partial charge is 0.0946 e. The molecule has 0 spiro atoms. The summed E-state index contributed by atoms with van der Waals surface area (Å²) in [6.07, 6.45) is 5.38. The van der Waals surface area contributed by atoms with Crippen LogP contribution in [0.4, 0.5) is 0 Å². The predicted octanol–water partition coefficient (Wildman–Crippen LogP) is 0.0153. The van der Waals surface area contributed by atoms with Crippen molar-refractivity contribution in [3.05, 3.63) is 25.3 Å². The topological polar surface area (TPSA) is 50.1 Å². The molecule has 2 N–H and O–H groups in total. The number of hydrogen-bond donors (Lipinski definition) is 2. The van der Waals surface area contributed by atoms with Crippen LogP contribution in [0, 0.1) is 6.54 Å². The van der Waals surface area contributed by atoms with Crippen LogP contribution in [0.5, 0.6) is 0 Å². The van der Waals surface area contributed by atoms with Crippen molar-refractivity contribution in [2.75, 3.05) is 6.61 Å². The van der Waals surface area contributed by atoms with E-state index in [0.717, 1.165) is 6.54 Å². The molecule has 0 aliphatic rings. The fourth-order valence-electron chi connectivity index (χ4n) is 0.807. The fourth-order valence-corrected chi connectivity index (χ4v) is 0.807. The maximum atomic E-state index is 8.69. The third kappa shape index (κ3) is 3.02. The Bertz CT molecular complexity index is 198. The summed E-state index contributed by atoms with van der Waals surface area (Å²) in [6.45, 7) is 4.75. The maximum Gasteiger partial charge on any atom is 0.0946 e. The molecule has 0 aromatic carbocycles. The number of aliphatic hydroxyl groups excluding tert-OH is 1. The Morgan fingerprint density at radius 3 is 3.17 bits per heavy atom. The molecular weight excluding hydrogens is 154 g/mol. The van der Waals surface area contributed by atoms with Gasteiger partial charge in [0.1, 0.15) is 0 Å². The van der Waals surface area contributed by atoms with Gasteiger partial charge in [-0.25, -0.2) is 4.98 Å². The molecule has 1 aromatic rings. The number of nitrogens with zero attached hydrogens (tertiary/aromatic N) is 2. The minimum atomic E-state index is 0.119. The SMILES string of the molecule is CC(CO)N[CH]Cn1ccnc1. The third-order valence-corrected chi connectivity index (χ3v) is 1.54. The third-order valence-electron chi connectivity index (χ3n) is 1.54. The van der Waals surface area contributed by atoms with Gasteiger partial charge in [0.2, 0.25) is 0 Å². The second-order valence-electron chi connectivity index (χ2n) is 2.71. The molecule has 12 heavy (non-hydrogen) atoms. The van der Waals surface area contributed by atoms with Gasteiger partial charge in [0.15, 0.2) is 0 Å². The highest BCUT2D eigenvalue weighted by molar-refractivity contribution is 4.78. The van der Waals surface area contributed by atoms with Crippen molar-refractivity contribution in [2.45, 2.75) is 19.5 Å². The van der Waals surface area contributed by atoms with Crippen LogP contribution in [-0.4, -0.2) is 27.3 Å². The van der Waals surface area contributed by atoms with Gasteiger partial charge in [-0.1, -0.05) is 0 Å². The fraction of sp³-hybridized carbons (Fsp3) is 0.500. The molecule has 0 saturated carbocycles. The van der Waals surface area contributed by atoms with Gasteiger partial charge in [0.25, 0.3) is 0 Å². The molecule has 0 amide bonds. The zero-order chi connectivity index (χ0) is 8.81. The van der Waals surface area contributed by atoms with Crippen LogP contribution in [-0.2, 0) is 6.54 Å². The molecule has 1 rings (SSSR count). The van der Waals surface area contributed by atoms with E-state index in [9.17, 15) is 0 Å². The van der Waals surface area contributed by atoms with Gasteiger partial charge in [-0.15, -0.1) is 0 Å². The first kappa shape index (κ1) is 9.22. The summed E-state index contributed by atoms with van der Waals surface area (Å²) in [5, 5.41) is 11.7. The molecule has 1 radical (unpaired) electrons. The zero-order valence-electron chi connectivity index (χ0n) is 7.14. The summed E-state index contributed by atoms with van der Waals surface area (Å²) < 4.78 is 1.94. The zero-order valence-corrected chi connectivity index (χ0v) is 7.14. The summed E-state index contributed by atoms with van der Waals surface area (Å²) in [6, 6.07) is 0.119. The van der Waals surface area contributed by atoms with Crippen molar-refractivity contribution in [3.63, 3.8) is 0 Å². The average molecular weight is 168 g/mol. The van der Waals surface area contributed by atoms with Crippen LogP contribution >= 0.6 is 0 Å². The lowest BCUT2D eigenvalue weighted by Crippen LogP contribution is -2.28. The van der Waals surface area contributed by atoms with Crippen molar-refractivity contribution in [1.29, 1.82) is 0 Å². The van der Waals surface area contributed by atoms with Gasteiger partial charge >= 0.3 is 0 Å². The monoisotopic (exact) mass is 168 g/mol. The Morgan fingerprint density at radius 2 is 2.58 bits per heavy atom. The van der Waals surface area contributed by atoms with Crippen LogP contribution in [0.1, 0.15) is 6.92 Å². The molecule has 0 bridgehead atoms. The first-order valence-electron chi connectivity index (χ1n) is 3.97. The Morgan fingerprint density at radius 1 is 1.75 bits per heavy atom. The summed E-state index contributed by atoms with van der Waals surface area (Å²) in [7, 11) is 0. The van der Waals surface area contributed by atoms with E-state index in [1.165, 1.54) is 0 Å². The molecule has 0 saturated heterocycles.